The molecule has 5 aliphatic rings. The standard InChI is InChI=1S/C30H48O3/c1-25(2)21-10-13-30(7)22(28(21,5)12-11-23(25)32)9-8-19-20-16-26(3,18-31)17-24(33)27(20,4)14-15-29(19,30)6/h8,20-22,24,31,33H,9-18H2,1-7H3/t20-,21-,22-,24+,26-,27+,28-,29+,30+/m0/s1. The van der Waals surface area contributed by atoms with Gasteiger partial charge in [0.05, 0.1) is 6.10 Å². The minimum atomic E-state index is -0.345. The van der Waals surface area contributed by atoms with Gasteiger partial charge in [0, 0.05) is 23.9 Å². The molecule has 0 amide bonds. The van der Waals surface area contributed by atoms with Gasteiger partial charge in [0.1, 0.15) is 5.78 Å². The molecule has 0 heterocycles. The van der Waals surface area contributed by atoms with E-state index in [2.05, 4.69) is 54.5 Å². The van der Waals surface area contributed by atoms with Gasteiger partial charge in [-0.1, -0.05) is 60.1 Å². The Balaban J connectivity index is 1.59. The van der Waals surface area contributed by atoms with Crippen LogP contribution in [0.1, 0.15) is 106 Å². The Labute approximate surface area is 201 Å². The van der Waals surface area contributed by atoms with E-state index in [1.54, 1.807) is 5.57 Å². The second-order valence-electron chi connectivity index (χ2n) is 14.9. The van der Waals surface area contributed by atoms with E-state index in [0.29, 0.717) is 30.0 Å². The first-order valence-electron chi connectivity index (χ1n) is 13.7. The fourth-order valence-electron chi connectivity index (χ4n) is 10.5. The van der Waals surface area contributed by atoms with Crippen LogP contribution in [0.5, 0.6) is 0 Å². The molecule has 0 aromatic heterocycles. The van der Waals surface area contributed by atoms with Gasteiger partial charge in [0.2, 0.25) is 0 Å². The highest BCUT2D eigenvalue weighted by Gasteiger charge is 2.68. The fraction of sp³-hybridized carbons (Fsp3) is 0.900. The molecular formula is C30H48O3. The third-order valence-corrected chi connectivity index (χ3v) is 13.1. The van der Waals surface area contributed by atoms with Crippen LogP contribution in [0, 0.1) is 50.2 Å². The van der Waals surface area contributed by atoms with E-state index in [0.717, 1.165) is 44.9 Å². The first-order valence-corrected chi connectivity index (χ1v) is 13.7. The van der Waals surface area contributed by atoms with E-state index in [9.17, 15) is 15.0 Å². The van der Waals surface area contributed by atoms with Gasteiger partial charge < -0.3 is 10.2 Å². The molecule has 0 radical (unpaired) electrons. The molecule has 0 spiro atoms. The normalized spacial score (nSPS) is 55.5. The largest absolute Gasteiger partial charge is 0.396 e. The summed E-state index contributed by atoms with van der Waals surface area (Å²) in [5.74, 6) is 1.91. The molecule has 33 heavy (non-hydrogen) atoms. The van der Waals surface area contributed by atoms with Crippen molar-refractivity contribution in [2.45, 2.75) is 112 Å². The molecule has 0 saturated heterocycles. The molecule has 5 aliphatic carbocycles. The molecule has 3 heteroatoms. The number of aliphatic hydroxyl groups is 2. The maximum Gasteiger partial charge on any atom is 0.138 e. The molecule has 0 bridgehead atoms. The van der Waals surface area contributed by atoms with Crippen LogP contribution < -0.4 is 0 Å². The van der Waals surface area contributed by atoms with E-state index in [1.165, 1.54) is 6.42 Å². The SMILES string of the molecule is CC1(C)C(=O)CC[C@@]2(C)[C@H]1CC[C@]1(C)[C@H]2CC=C2[C@@H]3C[C@](C)(CO)C[C@@H](O)[C@]3(C)CC[C@]21C. The maximum atomic E-state index is 12.9. The Morgan fingerprint density at radius 2 is 1.61 bits per heavy atom. The van der Waals surface area contributed by atoms with Crippen LogP contribution in [0.4, 0.5) is 0 Å². The topological polar surface area (TPSA) is 57.5 Å². The Bertz CT molecular complexity index is 889. The second-order valence-corrected chi connectivity index (χ2v) is 14.9. The van der Waals surface area contributed by atoms with Gasteiger partial charge in [0.25, 0.3) is 0 Å². The monoisotopic (exact) mass is 456 g/mol. The van der Waals surface area contributed by atoms with Crippen molar-refractivity contribution in [1.29, 1.82) is 0 Å². The Morgan fingerprint density at radius 3 is 2.27 bits per heavy atom. The van der Waals surface area contributed by atoms with Crippen molar-refractivity contribution in [2.24, 2.45) is 50.2 Å². The van der Waals surface area contributed by atoms with E-state index in [1.807, 2.05) is 0 Å². The summed E-state index contributed by atoms with van der Waals surface area (Å²) in [4.78, 5) is 12.9. The molecule has 3 nitrogen and oxygen atoms in total. The Hall–Kier alpha value is -0.670. The summed E-state index contributed by atoms with van der Waals surface area (Å²) in [6.45, 7) is 16.7. The quantitative estimate of drug-likeness (QED) is 0.454. The zero-order valence-electron chi connectivity index (χ0n) is 22.3. The summed E-state index contributed by atoms with van der Waals surface area (Å²) in [7, 11) is 0. The zero-order valence-corrected chi connectivity index (χ0v) is 22.3. The predicted molar refractivity (Wildman–Crippen MR) is 133 cm³/mol. The molecule has 9 atom stereocenters. The van der Waals surface area contributed by atoms with Crippen molar-refractivity contribution >= 4 is 5.78 Å². The van der Waals surface area contributed by atoms with Crippen LogP contribution in [0.2, 0.25) is 0 Å². The van der Waals surface area contributed by atoms with E-state index >= 15 is 0 Å². The van der Waals surface area contributed by atoms with Gasteiger partial charge in [-0.2, -0.15) is 0 Å². The molecule has 186 valence electrons. The third-order valence-electron chi connectivity index (χ3n) is 13.1. The molecule has 2 N–H and O–H groups in total. The molecule has 0 aliphatic heterocycles. The average Bonchev–Trinajstić information content (AvgIpc) is 2.73. The van der Waals surface area contributed by atoms with Gasteiger partial charge in [-0.25, -0.2) is 0 Å². The highest BCUT2D eigenvalue weighted by Crippen LogP contribution is 2.75. The van der Waals surface area contributed by atoms with Crippen LogP contribution in [0.3, 0.4) is 0 Å². The lowest BCUT2D eigenvalue weighted by Crippen LogP contribution is -2.65. The number of hydrogen-bond acceptors (Lipinski definition) is 3. The summed E-state index contributed by atoms with van der Waals surface area (Å²) in [5, 5.41) is 21.5. The van der Waals surface area contributed by atoms with Crippen LogP contribution >= 0.6 is 0 Å². The van der Waals surface area contributed by atoms with Crippen molar-refractivity contribution in [1.82, 2.24) is 0 Å². The Kier molecular flexibility index (Phi) is 5.07. The third kappa shape index (κ3) is 2.85. The van der Waals surface area contributed by atoms with Crippen molar-refractivity contribution in [3.05, 3.63) is 11.6 Å². The number of allylic oxidation sites excluding steroid dienone is 2. The summed E-state index contributed by atoms with van der Waals surface area (Å²) in [6.07, 6.45) is 11.4. The van der Waals surface area contributed by atoms with Gasteiger partial charge in [-0.3, -0.25) is 4.79 Å². The molecular weight excluding hydrogens is 408 g/mol. The predicted octanol–water partition coefficient (Wildman–Crippen LogP) is 6.32. The summed E-state index contributed by atoms with van der Waals surface area (Å²) in [6, 6.07) is 0. The van der Waals surface area contributed by atoms with Gasteiger partial charge in [-0.15, -0.1) is 0 Å². The van der Waals surface area contributed by atoms with Gasteiger partial charge in [0.15, 0.2) is 0 Å². The number of hydrogen-bond donors (Lipinski definition) is 2. The minimum absolute atomic E-state index is 0.0798. The van der Waals surface area contributed by atoms with Crippen molar-refractivity contribution in [2.75, 3.05) is 6.61 Å². The van der Waals surface area contributed by atoms with Crippen LogP contribution in [0.25, 0.3) is 0 Å². The number of carbonyl (C=O) groups is 1. The summed E-state index contributed by atoms with van der Waals surface area (Å²) >= 11 is 0. The van der Waals surface area contributed by atoms with Crippen LogP contribution in [-0.2, 0) is 4.79 Å². The average molecular weight is 457 g/mol. The highest BCUT2D eigenvalue weighted by molar-refractivity contribution is 5.85. The fourth-order valence-corrected chi connectivity index (χ4v) is 10.5. The molecule has 4 saturated carbocycles. The van der Waals surface area contributed by atoms with Crippen molar-refractivity contribution in [3.63, 3.8) is 0 Å². The molecule has 4 fully saturated rings. The molecule has 5 rings (SSSR count). The zero-order chi connectivity index (χ0) is 24.2. The maximum absolute atomic E-state index is 12.9. The van der Waals surface area contributed by atoms with Crippen molar-refractivity contribution in [3.8, 4) is 0 Å². The lowest BCUT2D eigenvalue weighted by Gasteiger charge is -2.71. The number of carbonyl (C=O) groups excluding carboxylic acids is 1. The number of aliphatic hydroxyl groups excluding tert-OH is 2. The first kappa shape index (κ1) is 24.0. The lowest BCUT2D eigenvalue weighted by molar-refractivity contribution is -0.191. The lowest BCUT2D eigenvalue weighted by atomic mass is 9.33. The number of rotatable bonds is 1. The smallest absolute Gasteiger partial charge is 0.138 e. The summed E-state index contributed by atoms with van der Waals surface area (Å²) < 4.78 is 0. The highest BCUT2D eigenvalue weighted by atomic mass is 16.3. The van der Waals surface area contributed by atoms with E-state index < -0.39 is 0 Å². The van der Waals surface area contributed by atoms with Gasteiger partial charge >= 0.3 is 0 Å². The first-order chi connectivity index (χ1) is 15.2. The van der Waals surface area contributed by atoms with Crippen LogP contribution in [0.15, 0.2) is 11.6 Å². The van der Waals surface area contributed by atoms with Crippen molar-refractivity contribution < 1.29 is 15.0 Å². The molecule has 0 unspecified atom stereocenters. The van der Waals surface area contributed by atoms with E-state index in [4.69, 9.17) is 0 Å². The minimum Gasteiger partial charge on any atom is -0.396 e. The summed E-state index contributed by atoms with van der Waals surface area (Å²) in [5.41, 5.74) is 1.68. The van der Waals surface area contributed by atoms with Crippen LogP contribution in [-0.4, -0.2) is 28.7 Å². The Morgan fingerprint density at radius 1 is 0.909 bits per heavy atom. The molecule has 0 aromatic carbocycles. The number of Topliss-reactive ketones (excluding diaryl/α,β-unsaturated/α-hetero) is 1. The number of fused-ring (bicyclic) bond motifs is 7. The second kappa shape index (κ2) is 6.96. The number of ketones is 1. The van der Waals surface area contributed by atoms with E-state index in [-0.39, 0.29) is 45.2 Å². The van der Waals surface area contributed by atoms with Gasteiger partial charge in [-0.05, 0) is 90.8 Å². The molecule has 0 aromatic rings.